The molecule has 0 radical (unpaired) electrons. The summed E-state index contributed by atoms with van der Waals surface area (Å²) in [7, 11) is 0. The van der Waals surface area contributed by atoms with Gasteiger partial charge in [0.05, 0.1) is 28.0 Å². The summed E-state index contributed by atoms with van der Waals surface area (Å²) in [6.45, 7) is 5.76. The van der Waals surface area contributed by atoms with E-state index in [4.69, 9.17) is 4.52 Å². The van der Waals surface area contributed by atoms with Crippen LogP contribution in [0, 0.1) is 20.8 Å². The van der Waals surface area contributed by atoms with Crippen LogP contribution in [-0.2, 0) is 0 Å². The van der Waals surface area contributed by atoms with E-state index in [0.717, 1.165) is 35.5 Å². The van der Waals surface area contributed by atoms with Gasteiger partial charge >= 0.3 is 0 Å². The summed E-state index contributed by atoms with van der Waals surface area (Å²) in [6, 6.07) is 11.7. The molecular weight excluding hydrogens is 366 g/mol. The Hall–Kier alpha value is -3.48. The highest BCUT2D eigenvalue weighted by atomic mass is 16.5. The molecule has 0 unspecified atom stereocenters. The Labute approximate surface area is 167 Å². The third-order valence-corrected chi connectivity index (χ3v) is 5.23. The molecule has 1 amide bonds. The fourth-order valence-corrected chi connectivity index (χ4v) is 3.54. The average molecular weight is 387 g/mol. The minimum atomic E-state index is -0.223. The average Bonchev–Trinajstić information content (AvgIpc) is 3.40. The zero-order valence-electron chi connectivity index (χ0n) is 16.6. The van der Waals surface area contributed by atoms with Gasteiger partial charge in [0, 0.05) is 17.7 Å². The first kappa shape index (κ1) is 17.6. The van der Waals surface area contributed by atoms with Gasteiger partial charge in [-0.25, -0.2) is 9.67 Å². The molecule has 0 saturated heterocycles. The summed E-state index contributed by atoms with van der Waals surface area (Å²) in [5, 5.41) is 12.2. The van der Waals surface area contributed by atoms with E-state index in [1.54, 1.807) is 4.68 Å². The number of carbonyl (C=O) groups excluding carboxylic acids is 1. The molecule has 1 aromatic carbocycles. The SMILES string of the molecule is Cc1ccc(-n2nc(C)cc2NC(=O)c2cc(C3CC3)nc3onc(C)c23)cc1. The molecular formula is C22H21N5O2. The van der Waals surface area contributed by atoms with Crippen LogP contribution >= 0.6 is 0 Å². The zero-order chi connectivity index (χ0) is 20.1. The first-order valence-corrected chi connectivity index (χ1v) is 9.71. The van der Waals surface area contributed by atoms with Crippen LogP contribution in [0.3, 0.4) is 0 Å². The molecule has 0 bridgehead atoms. The smallest absolute Gasteiger partial charge is 0.259 e. The Bertz CT molecular complexity index is 1230. The largest absolute Gasteiger partial charge is 0.336 e. The number of nitrogens with one attached hydrogen (secondary N) is 1. The molecule has 1 saturated carbocycles. The Morgan fingerprint density at radius 1 is 1.14 bits per heavy atom. The van der Waals surface area contributed by atoms with Crippen molar-refractivity contribution >= 4 is 22.8 Å². The van der Waals surface area contributed by atoms with Crippen molar-refractivity contribution in [3.05, 3.63) is 64.6 Å². The topological polar surface area (TPSA) is 85.8 Å². The van der Waals surface area contributed by atoms with Gasteiger partial charge in [0.15, 0.2) is 0 Å². The second-order valence-electron chi connectivity index (χ2n) is 7.69. The third-order valence-electron chi connectivity index (χ3n) is 5.23. The third kappa shape index (κ3) is 3.18. The Morgan fingerprint density at radius 2 is 1.90 bits per heavy atom. The van der Waals surface area contributed by atoms with Crippen LogP contribution in [0.15, 0.2) is 40.9 Å². The van der Waals surface area contributed by atoms with Crippen molar-refractivity contribution in [2.24, 2.45) is 0 Å². The number of rotatable bonds is 4. The van der Waals surface area contributed by atoms with E-state index in [1.165, 1.54) is 0 Å². The second-order valence-corrected chi connectivity index (χ2v) is 7.69. The van der Waals surface area contributed by atoms with Gasteiger partial charge in [0.25, 0.3) is 11.6 Å². The minimum Gasteiger partial charge on any atom is -0.336 e. The van der Waals surface area contributed by atoms with E-state index in [9.17, 15) is 4.79 Å². The first-order chi connectivity index (χ1) is 14.0. The number of nitrogens with zero attached hydrogens (tertiary/aromatic N) is 4. The lowest BCUT2D eigenvalue weighted by atomic mass is 10.1. The highest BCUT2D eigenvalue weighted by Crippen LogP contribution is 2.40. The molecule has 0 aliphatic heterocycles. The van der Waals surface area contributed by atoms with Gasteiger partial charge < -0.3 is 9.84 Å². The second kappa shape index (κ2) is 6.55. The van der Waals surface area contributed by atoms with Crippen molar-refractivity contribution in [1.82, 2.24) is 19.9 Å². The standard InChI is InChI=1S/C22H21N5O2/c1-12-4-8-16(9-5-12)27-19(10-13(2)25-27)24-21(28)17-11-18(15-6-7-15)23-22-20(17)14(3)26-29-22/h4-5,8-11,15H,6-7H2,1-3H3,(H,24,28). The summed E-state index contributed by atoms with van der Waals surface area (Å²) in [6.07, 6.45) is 2.18. The molecule has 1 N–H and O–H groups in total. The molecule has 1 aliphatic rings. The maximum atomic E-state index is 13.3. The molecule has 146 valence electrons. The molecule has 7 nitrogen and oxygen atoms in total. The molecule has 1 aliphatic carbocycles. The molecule has 3 aromatic heterocycles. The Morgan fingerprint density at radius 3 is 2.62 bits per heavy atom. The summed E-state index contributed by atoms with van der Waals surface area (Å²) in [5.41, 5.74) is 5.37. The minimum absolute atomic E-state index is 0.223. The van der Waals surface area contributed by atoms with Gasteiger partial charge in [-0.2, -0.15) is 5.10 Å². The fourth-order valence-electron chi connectivity index (χ4n) is 3.54. The van der Waals surface area contributed by atoms with E-state index in [0.29, 0.717) is 34.1 Å². The lowest BCUT2D eigenvalue weighted by Gasteiger charge is -2.10. The summed E-state index contributed by atoms with van der Waals surface area (Å²) >= 11 is 0. The molecule has 1 fully saturated rings. The van der Waals surface area contributed by atoms with Crippen LogP contribution in [0.2, 0.25) is 0 Å². The monoisotopic (exact) mass is 387 g/mol. The molecule has 5 rings (SSSR count). The quantitative estimate of drug-likeness (QED) is 0.559. The molecule has 29 heavy (non-hydrogen) atoms. The first-order valence-electron chi connectivity index (χ1n) is 9.71. The number of aromatic nitrogens is 4. The van der Waals surface area contributed by atoms with Crippen molar-refractivity contribution in [1.29, 1.82) is 0 Å². The van der Waals surface area contributed by atoms with E-state index < -0.39 is 0 Å². The summed E-state index contributed by atoms with van der Waals surface area (Å²) < 4.78 is 7.10. The van der Waals surface area contributed by atoms with Gasteiger partial charge in [-0.3, -0.25) is 4.79 Å². The lowest BCUT2D eigenvalue weighted by Crippen LogP contribution is -2.16. The predicted octanol–water partition coefficient (Wildman–Crippen LogP) is 4.46. The summed E-state index contributed by atoms with van der Waals surface area (Å²) in [4.78, 5) is 17.8. The fraction of sp³-hybridized carbons (Fsp3) is 0.273. The van der Waals surface area contributed by atoms with Crippen LogP contribution in [0.1, 0.15) is 51.8 Å². The number of pyridine rings is 1. The normalized spacial score (nSPS) is 13.8. The number of hydrogen-bond donors (Lipinski definition) is 1. The maximum Gasteiger partial charge on any atom is 0.259 e. The van der Waals surface area contributed by atoms with Crippen molar-refractivity contribution in [2.75, 3.05) is 5.32 Å². The van der Waals surface area contributed by atoms with Gasteiger partial charge in [-0.05, 0) is 51.8 Å². The number of hydrogen-bond acceptors (Lipinski definition) is 5. The number of anilines is 1. The van der Waals surface area contributed by atoms with Crippen molar-refractivity contribution in [3.63, 3.8) is 0 Å². The molecule has 3 heterocycles. The number of benzene rings is 1. The van der Waals surface area contributed by atoms with Crippen LogP contribution in [0.25, 0.3) is 16.8 Å². The van der Waals surface area contributed by atoms with Crippen molar-refractivity contribution in [3.8, 4) is 5.69 Å². The van der Waals surface area contributed by atoms with Crippen LogP contribution in [0.5, 0.6) is 0 Å². The van der Waals surface area contributed by atoms with E-state index in [2.05, 4.69) is 20.6 Å². The lowest BCUT2D eigenvalue weighted by molar-refractivity contribution is 0.102. The van der Waals surface area contributed by atoms with Gasteiger partial charge in [-0.15, -0.1) is 0 Å². The maximum absolute atomic E-state index is 13.3. The van der Waals surface area contributed by atoms with Crippen LogP contribution < -0.4 is 5.32 Å². The van der Waals surface area contributed by atoms with E-state index >= 15 is 0 Å². The van der Waals surface area contributed by atoms with Gasteiger partial charge in [0.2, 0.25) is 0 Å². The number of carbonyl (C=O) groups is 1. The van der Waals surface area contributed by atoms with Crippen LogP contribution in [0.4, 0.5) is 5.82 Å². The Balaban J connectivity index is 1.55. The number of fused-ring (bicyclic) bond motifs is 1. The van der Waals surface area contributed by atoms with Crippen LogP contribution in [-0.4, -0.2) is 25.8 Å². The van der Waals surface area contributed by atoms with Gasteiger partial charge in [0.1, 0.15) is 5.82 Å². The molecule has 4 aromatic rings. The van der Waals surface area contributed by atoms with Crippen molar-refractivity contribution < 1.29 is 9.32 Å². The van der Waals surface area contributed by atoms with E-state index in [1.807, 2.05) is 57.2 Å². The molecule has 0 spiro atoms. The summed E-state index contributed by atoms with van der Waals surface area (Å²) in [5.74, 6) is 0.791. The highest BCUT2D eigenvalue weighted by Gasteiger charge is 2.29. The predicted molar refractivity (Wildman–Crippen MR) is 110 cm³/mol. The van der Waals surface area contributed by atoms with Gasteiger partial charge in [-0.1, -0.05) is 22.9 Å². The molecule has 7 heteroatoms. The Kier molecular flexibility index (Phi) is 3.97. The van der Waals surface area contributed by atoms with E-state index in [-0.39, 0.29) is 5.91 Å². The van der Waals surface area contributed by atoms with Crippen molar-refractivity contribution in [2.45, 2.75) is 39.5 Å². The highest BCUT2D eigenvalue weighted by molar-refractivity contribution is 6.12. The number of aryl methyl sites for hydroxylation is 3. The molecule has 0 atom stereocenters. The number of amides is 1. The zero-order valence-corrected chi connectivity index (χ0v) is 16.6.